The van der Waals surface area contributed by atoms with Crippen molar-refractivity contribution in [2.75, 3.05) is 6.54 Å². The Morgan fingerprint density at radius 1 is 1.00 bits per heavy atom. The average Bonchev–Trinajstić information content (AvgIpc) is 2.38. The predicted molar refractivity (Wildman–Crippen MR) is 69.5 cm³/mol. The molecular weight excluding hydrogens is 212 g/mol. The summed E-state index contributed by atoms with van der Waals surface area (Å²) in [6.45, 7) is 0.802. The molecule has 0 aliphatic heterocycles. The number of rotatable bonds is 3. The van der Waals surface area contributed by atoms with E-state index in [9.17, 15) is 4.79 Å². The zero-order chi connectivity index (χ0) is 12.1. The number of nitrogens with two attached hydrogens (primary N) is 1. The van der Waals surface area contributed by atoms with Gasteiger partial charge >= 0.3 is 0 Å². The van der Waals surface area contributed by atoms with Gasteiger partial charge in [-0.1, -0.05) is 32.1 Å². The van der Waals surface area contributed by atoms with E-state index in [0.717, 1.165) is 25.8 Å². The third-order valence-corrected chi connectivity index (χ3v) is 4.48. The van der Waals surface area contributed by atoms with Gasteiger partial charge in [0.2, 0.25) is 5.91 Å². The molecule has 3 N–H and O–H groups in total. The SMILES string of the molecule is NC1CCCCC1CNC(=O)C1CCCCC1. The van der Waals surface area contributed by atoms with Crippen LogP contribution in [0.2, 0.25) is 0 Å². The first-order chi connectivity index (χ1) is 8.27. The highest BCUT2D eigenvalue weighted by Crippen LogP contribution is 2.25. The van der Waals surface area contributed by atoms with Crippen molar-refractivity contribution in [2.45, 2.75) is 63.8 Å². The fraction of sp³-hybridized carbons (Fsp3) is 0.929. The van der Waals surface area contributed by atoms with Gasteiger partial charge in [-0.25, -0.2) is 0 Å². The molecular formula is C14H26N2O. The van der Waals surface area contributed by atoms with Crippen LogP contribution in [0.4, 0.5) is 0 Å². The maximum Gasteiger partial charge on any atom is 0.223 e. The highest BCUT2D eigenvalue weighted by atomic mass is 16.1. The minimum absolute atomic E-state index is 0.280. The lowest BCUT2D eigenvalue weighted by molar-refractivity contribution is -0.126. The molecule has 0 radical (unpaired) electrons. The Hall–Kier alpha value is -0.570. The summed E-state index contributed by atoms with van der Waals surface area (Å²) in [5.41, 5.74) is 6.09. The molecule has 0 saturated heterocycles. The van der Waals surface area contributed by atoms with Crippen molar-refractivity contribution < 1.29 is 4.79 Å². The molecule has 0 aromatic carbocycles. The van der Waals surface area contributed by atoms with Gasteiger partial charge in [-0.05, 0) is 31.6 Å². The number of carbonyl (C=O) groups is 1. The van der Waals surface area contributed by atoms with Gasteiger partial charge in [0.25, 0.3) is 0 Å². The zero-order valence-electron chi connectivity index (χ0n) is 10.8. The van der Waals surface area contributed by atoms with Crippen molar-refractivity contribution in [3.63, 3.8) is 0 Å². The molecule has 0 heterocycles. The summed E-state index contributed by atoms with van der Waals surface area (Å²) in [5.74, 6) is 1.07. The van der Waals surface area contributed by atoms with Gasteiger partial charge in [0.15, 0.2) is 0 Å². The van der Waals surface area contributed by atoms with Crippen LogP contribution in [-0.2, 0) is 4.79 Å². The summed E-state index contributed by atoms with van der Waals surface area (Å²) in [5, 5.41) is 3.13. The fourth-order valence-corrected chi connectivity index (χ4v) is 3.23. The number of amides is 1. The van der Waals surface area contributed by atoms with E-state index in [1.54, 1.807) is 0 Å². The Labute approximate surface area is 105 Å². The maximum atomic E-state index is 12.0. The molecule has 17 heavy (non-hydrogen) atoms. The Balaban J connectivity index is 1.71. The van der Waals surface area contributed by atoms with E-state index >= 15 is 0 Å². The molecule has 2 aliphatic carbocycles. The van der Waals surface area contributed by atoms with Crippen LogP contribution in [0, 0.1) is 11.8 Å². The smallest absolute Gasteiger partial charge is 0.223 e. The van der Waals surface area contributed by atoms with E-state index in [1.807, 2.05) is 0 Å². The molecule has 98 valence electrons. The van der Waals surface area contributed by atoms with E-state index in [1.165, 1.54) is 38.5 Å². The van der Waals surface area contributed by atoms with Crippen molar-refractivity contribution in [3.8, 4) is 0 Å². The predicted octanol–water partition coefficient (Wildman–Crippen LogP) is 2.20. The van der Waals surface area contributed by atoms with E-state index in [4.69, 9.17) is 5.73 Å². The van der Waals surface area contributed by atoms with Gasteiger partial charge in [0, 0.05) is 18.5 Å². The number of hydrogen-bond acceptors (Lipinski definition) is 2. The molecule has 1 amide bonds. The molecule has 2 unspecified atom stereocenters. The fourth-order valence-electron chi connectivity index (χ4n) is 3.23. The molecule has 2 rings (SSSR count). The summed E-state index contributed by atoms with van der Waals surface area (Å²) in [6, 6.07) is 0.301. The Kier molecular flexibility index (Phi) is 4.84. The second kappa shape index (κ2) is 6.39. The van der Waals surface area contributed by atoms with Crippen LogP contribution in [-0.4, -0.2) is 18.5 Å². The molecule has 2 atom stereocenters. The van der Waals surface area contributed by atoms with Gasteiger partial charge in [-0.3, -0.25) is 4.79 Å². The molecule has 3 nitrogen and oxygen atoms in total. The standard InChI is InChI=1S/C14H26N2O/c15-13-9-5-4-8-12(13)10-16-14(17)11-6-2-1-3-7-11/h11-13H,1-10,15H2,(H,16,17). The first-order valence-electron chi connectivity index (χ1n) is 7.30. The summed E-state index contributed by atoms with van der Waals surface area (Å²) in [6.07, 6.45) is 10.8. The van der Waals surface area contributed by atoms with Crippen LogP contribution in [0.25, 0.3) is 0 Å². The summed E-state index contributed by atoms with van der Waals surface area (Å²) >= 11 is 0. The van der Waals surface area contributed by atoms with Crippen molar-refractivity contribution >= 4 is 5.91 Å². The quantitative estimate of drug-likeness (QED) is 0.792. The minimum atomic E-state index is 0.280. The van der Waals surface area contributed by atoms with Gasteiger partial charge in [-0.2, -0.15) is 0 Å². The molecule has 3 heteroatoms. The van der Waals surface area contributed by atoms with Crippen molar-refractivity contribution in [2.24, 2.45) is 17.6 Å². The topological polar surface area (TPSA) is 55.1 Å². The lowest BCUT2D eigenvalue weighted by atomic mass is 9.84. The van der Waals surface area contributed by atoms with Crippen LogP contribution in [0.15, 0.2) is 0 Å². The molecule has 0 bridgehead atoms. The van der Waals surface area contributed by atoms with Crippen LogP contribution in [0.5, 0.6) is 0 Å². The van der Waals surface area contributed by atoms with E-state index in [-0.39, 0.29) is 11.8 Å². The second-order valence-electron chi connectivity index (χ2n) is 5.79. The lowest BCUT2D eigenvalue weighted by Crippen LogP contribution is -2.42. The largest absolute Gasteiger partial charge is 0.356 e. The van der Waals surface area contributed by atoms with Gasteiger partial charge < -0.3 is 11.1 Å². The first-order valence-corrected chi connectivity index (χ1v) is 7.30. The lowest BCUT2D eigenvalue weighted by Gasteiger charge is -2.29. The Bertz CT molecular complexity index is 249. The molecule has 2 saturated carbocycles. The maximum absolute atomic E-state index is 12.0. The van der Waals surface area contributed by atoms with Gasteiger partial charge in [0.05, 0.1) is 0 Å². The molecule has 2 fully saturated rings. The summed E-state index contributed by atoms with van der Waals surface area (Å²) < 4.78 is 0. The van der Waals surface area contributed by atoms with E-state index in [0.29, 0.717) is 12.0 Å². The van der Waals surface area contributed by atoms with Crippen LogP contribution < -0.4 is 11.1 Å². The van der Waals surface area contributed by atoms with Gasteiger partial charge in [-0.15, -0.1) is 0 Å². The highest BCUT2D eigenvalue weighted by Gasteiger charge is 2.25. The van der Waals surface area contributed by atoms with Crippen molar-refractivity contribution in [3.05, 3.63) is 0 Å². The van der Waals surface area contributed by atoms with Crippen LogP contribution >= 0.6 is 0 Å². The Morgan fingerprint density at radius 2 is 1.65 bits per heavy atom. The molecule has 0 spiro atoms. The second-order valence-corrected chi connectivity index (χ2v) is 5.79. The average molecular weight is 238 g/mol. The third kappa shape index (κ3) is 3.70. The van der Waals surface area contributed by atoms with Gasteiger partial charge in [0.1, 0.15) is 0 Å². The van der Waals surface area contributed by atoms with Crippen LogP contribution in [0.1, 0.15) is 57.8 Å². The van der Waals surface area contributed by atoms with E-state index in [2.05, 4.69) is 5.32 Å². The highest BCUT2D eigenvalue weighted by molar-refractivity contribution is 5.78. The van der Waals surface area contributed by atoms with Crippen LogP contribution in [0.3, 0.4) is 0 Å². The molecule has 0 aromatic heterocycles. The molecule has 2 aliphatic rings. The molecule has 0 aromatic rings. The zero-order valence-corrected chi connectivity index (χ0v) is 10.8. The summed E-state index contributed by atoms with van der Waals surface area (Å²) in [4.78, 5) is 12.0. The number of nitrogens with one attached hydrogen (secondary N) is 1. The third-order valence-electron chi connectivity index (χ3n) is 4.48. The summed E-state index contributed by atoms with van der Waals surface area (Å²) in [7, 11) is 0. The Morgan fingerprint density at radius 3 is 2.35 bits per heavy atom. The normalized spacial score (nSPS) is 31.1. The minimum Gasteiger partial charge on any atom is -0.356 e. The number of hydrogen-bond donors (Lipinski definition) is 2. The van der Waals surface area contributed by atoms with Crippen molar-refractivity contribution in [1.29, 1.82) is 0 Å². The number of carbonyl (C=O) groups excluding carboxylic acids is 1. The van der Waals surface area contributed by atoms with E-state index < -0.39 is 0 Å². The monoisotopic (exact) mass is 238 g/mol. The van der Waals surface area contributed by atoms with Crippen molar-refractivity contribution in [1.82, 2.24) is 5.32 Å². The first kappa shape index (κ1) is 12.9.